The highest BCUT2D eigenvalue weighted by Gasteiger charge is 2.42. The van der Waals surface area contributed by atoms with Gasteiger partial charge in [0.2, 0.25) is 10.0 Å². The molecule has 7 nitrogen and oxygen atoms in total. The number of nitrogens with one attached hydrogen (secondary N) is 1. The summed E-state index contributed by atoms with van der Waals surface area (Å²) in [5.41, 5.74) is 2.71. The molecule has 0 fully saturated rings. The predicted molar refractivity (Wildman–Crippen MR) is 119 cm³/mol. The minimum Gasteiger partial charge on any atom is -0.457 e. The molecule has 0 saturated carbocycles. The second-order valence-electron chi connectivity index (χ2n) is 7.53. The fraction of sp³-hybridized carbons (Fsp3) is 0.174. The number of fused-ring (bicyclic) bond motifs is 1. The lowest BCUT2D eigenvalue weighted by atomic mass is 9.90. The normalized spacial score (nSPS) is 16.2. The zero-order chi connectivity index (χ0) is 23.8. The number of halogens is 2. The third-order valence-corrected chi connectivity index (χ3v) is 7.65. The largest absolute Gasteiger partial charge is 0.457 e. The number of rotatable bonds is 5. The van der Waals surface area contributed by atoms with E-state index in [1.807, 2.05) is 0 Å². The van der Waals surface area contributed by atoms with Crippen molar-refractivity contribution in [2.24, 2.45) is 0 Å². The van der Waals surface area contributed by atoms with Gasteiger partial charge in [-0.3, -0.25) is 10.0 Å². The topological polar surface area (TPSA) is 95.9 Å². The van der Waals surface area contributed by atoms with Crippen LogP contribution in [0, 0.1) is 12.7 Å². The maximum Gasteiger partial charge on any atom is 0.266 e. The van der Waals surface area contributed by atoms with Crippen molar-refractivity contribution in [1.82, 2.24) is 9.79 Å². The second kappa shape index (κ2) is 9.11. The Morgan fingerprint density at radius 1 is 1.09 bits per heavy atom. The van der Waals surface area contributed by atoms with E-state index in [0.29, 0.717) is 22.1 Å². The summed E-state index contributed by atoms with van der Waals surface area (Å²) < 4.78 is 48.2. The number of hydrogen-bond donors (Lipinski definition) is 2. The Balaban J connectivity index is 1.67. The van der Waals surface area contributed by atoms with Crippen LogP contribution in [0.1, 0.15) is 22.7 Å². The van der Waals surface area contributed by atoms with Gasteiger partial charge in [-0.15, -0.1) is 0 Å². The zero-order valence-electron chi connectivity index (χ0n) is 17.5. The summed E-state index contributed by atoms with van der Waals surface area (Å²) in [5, 5.41) is 9.81. The summed E-state index contributed by atoms with van der Waals surface area (Å²) in [7, 11) is -4.21. The molecule has 0 bridgehead atoms. The van der Waals surface area contributed by atoms with Crippen molar-refractivity contribution in [2.75, 3.05) is 6.54 Å². The van der Waals surface area contributed by atoms with Gasteiger partial charge in [0.25, 0.3) is 5.91 Å². The van der Waals surface area contributed by atoms with Crippen LogP contribution >= 0.6 is 11.6 Å². The summed E-state index contributed by atoms with van der Waals surface area (Å²) in [6.45, 7) is 1.70. The first kappa shape index (κ1) is 23.2. The molecule has 172 valence electrons. The Morgan fingerprint density at radius 2 is 1.70 bits per heavy atom. The van der Waals surface area contributed by atoms with Crippen molar-refractivity contribution in [3.05, 3.63) is 88.2 Å². The molecule has 1 aliphatic rings. The number of nitrogens with zero attached hydrogens (tertiary/aromatic N) is 1. The summed E-state index contributed by atoms with van der Waals surface area (Å²) in [5.74, 6) is -0.831. The summed E-state index contributed by atoms with van der Waals surface area (Å²) >= 11 is 5.86. The monoisotopic (exact) mass is 490 g/mol. The van der Waals surface area contributed by atoms with Crippen LogP contribution in [-0.4, -0.2) is 30.4 Å². The molecule has 0 aliphatic carbocycles. The van der Waals surface area contributed by atoms with Gasteiger partial charge in [0, 0.05) is 17.1 Å². The number of carbonyl (C=O) groups is 1. The van der Waals surface area contributed by atoms with E-state index in [4.69, 9.17) is 16.3 Å². The van der Waals surface area contributed by atoms with Gasteiger partial charge in [-0.05, 0) is 79.1 Å². The minimum atomic E-state index is -4.21. The van der Waals surface area contributed by atoms with Gasteiger partial charge in [-0.25, -0.2) is 18.3 Å². The molecule has 2 N–H and O–H groups in total. The number of aryl methyl sites for hydroxylation is 1. The van der Waals surface area contributed by atoms with Crippen LogP contribution in [0.4, 0.5) is 4.39 Å². The molecule has 3 aromatic carbocycles. The van der Waals surface area contributed by atoms with Crippen LogP contribution in [-0.2, 0) is 21.2 Å². The molecular formula is C23H20ClFN2O5S. The van der Waals surface area contributed by atoms with Crippen LogP contribution in [0.25, 0.3) is 0 Å². The van der Waals surface area contributed by atoms with E-state index in [0.717, 1.165) is 9.87 Å². The van der Waals surface area contributed by atoms with E-state index in [1.165, 1.54) is 35.8 Å². The number of carbonyl (C=O) groups excluding carboxylic acids is 1. The lowest BCUT2D eigenvalue weighted by Crippen LogP contribution is -2.47. The van der Waals surface area contributed by atoms with Crippen molar-refractivity contribution >= 4 is 27.5 Å². The van der Waals surface area contributed by atoms with Crippen LogP contribution in [0.2, 0.25) is 5.02 Å². The number of sulfonamides is 1. The van der Waals surface area contributed by atoms with Gasteiger partial charge in [-0.2, -0.15) is 4.31 Å². The molecule has 3 aromatic rings. The maximum absolute atomic E-state index is 14.7. The number of ether oxygens (including phenoxy) is 1. The predicted octanol–water partition coefficient (Wildman–Crippen LogP) is 4.37. The van der Waals surface area contributed by atoms with E-state index < -0.39 is 27.8 Å². The molecular weight excluding hydrogens is 471 g/mol. The highest BCUT2D eigenvalue weighted by molar-refractivity contribution is 7.89. The molecule has 10 heteroatoms. The third kappa shape index (κ3) is 4.45. The molecule has 33 heavy (non-hydrogen) atoms. The van der Waals surface area contributed by atoms with Crippen LogP contribution in [0.3, 0.4) is 0 Å². The fourth-order valence-electron chi connectivity index (χ4n) is 3.90. The molecule has 4 rings (SSSR count). The van der Waals surface area contributed by atoms with Gasteiger partial charge < -0.3 is 4.74 Å². The second-order valence-corrected chi connectivity index (χ2v) is 9.86. The Hall–Kier alpha value is -2.98. The smallest absolute Gasteiger partial charge is 0.266 e. The summed E-state index contributed by atoms with van der Waals surface area (Å²) in [6.07, 6.45) is 0.227. The SMILES string of the molecule is Cc1ccc(F)c2c1CCN(S(=O)(=O)c1ccc(Oc3ccc(Cl)cc3)cc1)[C@H]2C(=O)NO. The lowest BCUT2D eigenvalue weighted by Gasteiger charge is -2.35. The molecule has 0 unspecified atom stereocenters. The average molecular weight is 491 g/mol. The average Bonchev–Trinajstić information content (AvgIpc) is 2.82. The van der Waals surface area contributed by atoms with E-state index in [2.05, 4.69) is 0 Å². The molecule has 0 aromatic heterocycles. The van der Waals surface area contributed by atoms with Crippen molar-refractivity contribution in [2.45, 2.75) is 24.3 Å². The van der Waals surface area contributed by atoms with E-state index >= 15 is 0 Å². The van der Waals surface area contributed by atoms with Crippen molar-refractivity contribution in [1.29, 1.82) is 0 Å². The standard InChI is InChI=1S/C23H20ClFN2O5S/c1-14-2-11-20(25)21-19(14)12-13-27(22(21)23(28)26-29)33(30,31)18-9-7-17(8-10-18)32-16-5-3-15(24)4-6-16/h2-11,22,29H,12-13H2,1H3,(H,26,28)/t22-/m1/s1. The fourth-order valence-corrected chi connectivity index (χ4v) is 5.59. The first-order valence-electron chi connectivity index (χ1n) is 9.99. The molecule has 0 spiro atoms. The molecule has 1 heterocycles. The lowest BCUT2D eigenvalue weighted by molar-refractivity contribution is -0.133. The van der Waals surface area contributed by atoms with Gasteiger partial charge in [0.05, 0.1) is 4.90 Å². The number of hydrogen-bond acceptors (Lipinski definition) is 5. The third-order valence-electron chi connectivity index (χ3n) is 5.52. The van der Waals surface area contributed by atoms with Gasteiger partial charge >= 0.3 is 0 Å². The Kier molecular flexibility index (Phi) is 6.40. The molecule has 1 aliphatic heterocycles. The first-order chi connectivity index (χ1) is 15.7. The van der Waals surface area contributed by atoms with Crippen LogP contribution in [0.5, 0.6) is 11.5 Å². The summed E-state index contributed by atoms with van der Waals surface area (Å²) in [6, 6.07) is 13.5. The van der Waals surface area contributed by atoms with E-state index in [9.17, 15) is 22.8 Å². The molecule has 1 amide bonds. The van der Waals surface area contributed by atoms with Crippen LogP contribution in [0.15, 0.2) is 65.6 Å². The van der Waals surface area contributed by atoms with E-state index in [1.54, 1.807) is 37.3 Å². The van der Waals surface area contributed by atoms with Crippen molar-refractivity contribution < 1.29 is 27.5 Å². The highest BCUT2D eigenvalue weighted by Crippen LogP contribution is 2.37. The van der Waals surface area contributed by atoms with Gasteiger partial charge in [0.1, 0.15) is 23.4 Å². The summed E-state index contributed by atoms with van der Waals surface area (Å²) in [4.78, 5) is 12.4. The maximum atomic E-state index is 14.7. The molecule has 0 saturated heterocycles. The minimum absolute atomic E-state index is 0.0548. The Bertz CT molecular complexity index is 1300. The van der Waals surface area contributed by atoms with Gasteiger partial charge in [-0.1, -0.05) is 17.7 Å². The Labute approximate surface area is 195 Å². The van der Waals surface area contributed by atoms with Crippen molar-refractivity contribution in [3.63, 3.8) is 0 Å². The number of benzene rings is 3. The highest BCUT2D eigenvalue weighted by atomic mass is 35.5. The molecule has 0 radical (unpaired) electrons. The number of amides is 1. The first-order valence-corrected chi connectivity index (χ1v) is 11.8. The van der Waals surface area contributed by atoms with Crippen molar-refractivity contribution in [3.8, 4) is 11.5 Å². The molecule has 1 atom stereocenters. The van der Waals surface area contributed by atoms with Crippen LogP contribution < -0.4 is 10.2 Å². The Morgan fingerprint density at radius 3 is 2.30 bits per heavy atom. The van der Waals surface area contributed by atoms with E-state index in [-0.39, 0.29) is 23.4 Å². The zero-order valence-corrected chi connectivity index (χ0v) is 19.0. The number of hydroxylamine groups is 1. The van der Waals surface area contributed by atoms with Gasteiger partial charge in [0.15, 0.2) is 0 Å². The quantitative estimate of drug-likeness (QED) is 0.409.